The second-order valence-electron chi connectivity index (χ2n) is 4.06. The highest BCUT2D eigenvalue weighted by atomic mass is 16.6. The Morgan fingerprint density at radius 2 is 2.36 bits per heavy atom. The molecular formula is C10H17NO3. The number of nitrogens with zero attached hydrogens (tertiary/aromatic N) is 1. The molecule has 14 heavy (non-hydrogen) atoms. The molecule has 4 heteroatoms. The van der Waals surface area contributed by atoms with Gasteiger partial charge in [-0.3, -0.25) is 4.90 Å². The quantitative estimate of drug-likeness (QED) is 0.688. The number of carbonyl (C=O) groups is 1. The van der Waals surface area contributed by atoms with Crippen LogP contribution in [0.5, 0.6) is 0 Å². The molecule has 0 unspecified atom stereocenters. The van der Waals surface area contributed by atoms with E-state index in [1.807, 2.05) is 0 Å². The van der Waals surface area contributed by atoms with Gasteiger partial charge in [0.1, 0.15) is 0 Å². The number of hydrogen-bond acceptors (Lipinski definition) is 3. The van der Waals surface area contributed by atoms with E-state index in [1.54, 1.807) is 11.8 Å². The van der Waals surface area contributed by atoms with Gasteiger partial charge in [0.05, 0.1) is 18.8 Å². The van der Waals surface area contributed by atoms with Gasteiger partial charge in [-0.1, -0.05) is 0 Å². The van der Waals surface area contributed by atoms with Crippen LogP contribution < -0.4 is 0 Å². The molecule has 2 heterocycles. The minimum Gasteiger partial charge on any atom is -0.450 e. The number of fused-ring (bicyclic) bond motifs is 2. The molecule has 2 saturated heterocycles. The third kappa shape index (κ3) is 1.47. The van der Waals surface area contributed by atoms with Gasteiger partial charge in [0.2, 0.25) is 0 Å². The van der Waals surface area contributed by atoms with E-state index in [9.17, 15) is 9.90 Å². The Labute approximate surface area is 83.8 Å². The van der Waals surface area contributed by atoms with Crippen LogP contribution in [-0.4, -0.2) is 40.9 Å². The average molecular weight is 199 g/mol. The fourth-order valence-corrected chi connectivity index (χ4v) is 2.64. The molecular weight excluding hydrogens is 182 g/mol. The van der Waals surface area contributed by atoms with Gasteiger partial charge in [0.15, 0.2) is 0 Å². The molecule has 0 aromatic carbocycles. The van der Waals surface area contributed by atoms with Crippen LogP contribution in [0.1, 0.15) is 32.6 Å². The number of hydrogen-bond donors (Lipinski definition) is 1. The molecule has 0 aromatic rings. The van der Waals surface area contributed by atoms with Crippen LogP contribution in [0.25, 0.3) is 0 Å². The predicted molar refractivity (Wildman–Crippen MR) is 50.9 cm³/mol. The molecule has 0 spiro atoms. The molecule has 80 valence electrons. The molecule has 3 atom stereocenters. The first-order chi connectivity index (χ1) is 6.74. The SMILES string of the molecule is CCOC(=O)N1[C@H]2CCC[C@@H]1[C@@H](O)C2. The summed E-state index contributed by atoms with van der Waals surface area (Å²) in [6, 6.07) is 0.218. The first-order valence-electron chi connectivity index (χ1n) is 5.37. The third-order valence-corrected chi connectivity index (χ3v) is 3.22. The van der Waals surface area contributed by atoms with Crippen LogP contribution in [0, 0.1) is 0 Å². The van der Waals surface area contributed by atoms with Crippen molar-refractivity contribution < 1.29 is 14.6 Å². The molecule has 1 amide bonds. The highest BCUT2D eigenvalue weighted by Crippen LogP contribution is 2.36. The van der Waals surface area contributed by atoms with Gasteiger partial charge in [-0.25, -0.2) is 4.79 Å². The van der Waals surface area contributed by atoms with Crippen molar-refractivity contribution in [1.29, 1.82) is 0 Å². The van der Waals surface area contributed by atoms with Gasteiger partial charge < -0.3 is 9.84 Å². The Hall–Kier alpha value is -0.770. The van der Waals surface area contributed by atoms with E-state index >= 15 is 0 Å². The van der Waals surface area contributed by atoms with Crippen LogP contribution >= 0.6 is 0 Å². The minimum atomic E-state index is -0.341. The standard InChI is InChI=1S/C10H17NO3/c1-2-14-10(13)11-7-4-3-5-8(11)9(12)6-7/h7-9,12H,2-6H2,1H3/t7-,8+,9-/m0/s1. The molecule has 2 rings (SSSR count). The smallest absolute Gasteiger partial charge is 0.410 e. The topological polar surface area (TPSA) is 49.8 Å². The number of carbonyl (C=O) groups excluding carboxylic acids is 1. The van der Waals surface area contributed by atoms with Gasteiger partial charge >= 0.3 is 6.09 Å². The molecule has 0 aliphatic carbocycles. The van der Waals surface area contributed by atoms with Crippen LogP contribution in [0.3, 0.4) is 0 Å². The number of rotatable bonds is 1. The summed E-state index contributed by atoms with van der Waals surface area (Å²) in [6.45, 7) is 2.21. The van der Waals surface area contributed by atoms with E-state index in [2.05, 4.69) is 0 Å². The Bertz CT molecular complexity index is 231. The second-order valence-corrected chi connectivity index (χ2v) is 4.06. The van der Waals surface area contributed by atoms with Crippen molar-refractivity contribution in [3.05, 3.63) is 0 Å². The van der Waals surface area contributed by atoms with Crippen molar-refractivity contribution in [2.75, 3.05) is 6.61 Å². The Morgan fingerprint density at radius 3 is 3.00 bits per heavy atom. The van der Waals surface area contributed by atoms with Gasteiger partial charge in [-0.2, -0.15) is 0 Å². The summed E-state index contributed by atoms with van der Waals surface area (Å²) < 4.78 is 4.99. The Balaban J connectivity index is 2.08. The van der Waals surface area contributed by atoms with Crippen molar-refractivity contribution >= 4 is 6.09 Å². The summed E-state index contributed by atoms with van der Waals surface area (Å²) >= 11 is 0. The largest absolute Gasteiger partial charge is 0.450 e. The number of aliphatic hydroxyl groups excluding tert-OH is 1. The first kappa shape index (κ1) is 9.77. The monoisotopic (exact) mass is 199 g/mol. The van der Waals surface area contributed by atoms with Crippen LogP contribution in [0.15, 0.2) is 0 Å². The molecule has 4 nitrogen and oxygen atoms in total. The maximum atomic E-state index is 11.6. The lowest BCUT2D eigenvalue weighted by Gasteiger charge is -2.33. The summed E-state index contributed by atoms with van der Waals surface area (Å²) in [5.41, 5.74) is 0. The van der Waals surface area contributed by atoms with E-state index in [4.69, 9.17) is 4.74 Å². The Morgan fingerprint density at radius 1 is 1.57 bits per heavy atom. The van der Waals surface area contributed by atoms with E-state index in [1.165, 1.54) is 0 Å². The lowest BCUT2D eigenvalue weighted by molar-refractivity contribution is 0.0544. The van der Waals surface area contributed by atoms with E-state index in [0.717, 1.165) is 25.7 Å². The second kappa shape index (κ2) is 3.77. The van der Waals surface area contributed by atoms with E-state index in [0.29, 0.717) is 6.61 Å². The summed E-state index contributed by atoms with van der Waals surface area (Å²) in [4.78, 5) is 13.3. The molecule has 2 aliphatic heterocycles. The predicted octanol–water partition coefficient (Wildman–Crippen LogP) is 1.13. The van der Waals surface area contributed by atoms with Gasteiger partial charge in [0, 0.05) is 6.04 Å². The van der Waals surface area contributed by atoms with Gasteiger partial charge in [0.25, 0.3) is 0 Å². The first-order valence-corrected chi connectivity index (χ1v) is 5.37. The van der Waals surface area contributed by atoms with E-state index in [-0.39, 0.29) is 24.3 Å². The maximum Gasteiger partial charge on any atom is 0.410 e. The van der Waals surface area contributed by atoms with Gasteiger partial charge in [-0.05, 0) is 32.6 Å². The third-order valence-electron chi connectivity index (χ3n) is 3.22. The normalized spacial score (nSPS) is 35.9. The van der Waals surface area contributed by atoms with Gasteiger partial charge in [-0.15, -0.1) is 0 Å². The zero-order valence-corrected chi connectivity index (χ0v) is 8.48. The van der Waals surface area contributed by atoms with Crippen LogP contribution in [-0.2, 0) is 4.74 Å². The maximum absolute atomic E-state index is 11.6. The number of amides is 1. The molecule has 2 aliphatic rings. The van der Waals surface area contributed by atoms with Crippen molar-refractivity contribution in [2.45, 2.75) is 50.8 Å². The number of ether oxygens (including phenoxy) is 1. The van der Waals surface area contributed by atoms with Crippen molar-refractivity contribution in [3.63, 3.8) is 0 Å². The molecule has 2 fully saturated rings. The van der Waals surface area contributed by atoms with Crippen molar-refractivity contribution in [3.8, 4) is 0 Å². The van der Waals surface area contributed by atoms with Crippen LogP contribution in [0.2, 0.25) is 0 Å². The number of aliphatic hydroxyl groups is 1. The number of piperidine rings is 1. The lowest BCUT2D eigenvalue weighted by atomic mass is 10.0. The Kier molecular flexibility index (Phi) is 2.63. The molecule has 0 aromatic heterocycles. The average Bonchev–Trinajstić information content (AvgIpc) is 2.34. The van der Waals surface area contributed by atoms with Crippen molar-refractivity contribution in [1.82, 2.24) is 4.90 Å². The highest BCUT2D eigenvalue weighted by Gasteiger charge is 2.45. The minimum absolute atomic E-state index is 0.00722. The summed E-state index contributed by atoms with van der Waals surface area (Å²) in [6.07, 6.45) is 3.17. The zero-order valence-electron chi connectivity index (χ0n) is 8.48. The summed E-state index contributed by atoms with van der Waals surface area (Å²) in [7, 11) is 0. The van der Waals surface area contributed by atoms with Crippen molar-refractivity contribution in [2.24, 2.45) is 0 Å². The van der Waals surface area contributed by atoms with E-state index < -0.39 is 0 Å². The molecule has 1 N–H and O–H groups in total. The lowest BCUT2D eigenvalue weighted by Crippen LogP contribution is -2.46. The molecule has 0 saturated carbocycles. The molecule has 0 radical (unpaired) electrons. The summed E-state index contributed by atoms with van der Waals surface area (Å²) in [5, 5.41) is 9.74. The summed E-state index contributed by atoms with van der Waals surface area (Å²) in [5.74, 6) is 0. The highest BCUT2D eigenvalue weighted by molar-refractivity contribution is 5.69. The van der Waals surface area contributed by atoms with Crippen LogP contribution in [0.4, 0.5) is 4.79 Å². The zero-order chi connectivity index (χ0) is 10.1. The fourth-order valence-electron chi connectivity index (χ4n) is 2.64. The molecule has 2 bridgehead atoms. The fraction of sp³-hybridized carbons (Fsp3) is 0.900.